The summed E-state index contributed by atoms with van der Waals surface area (Å²) in [5.74, 6) is -1.01. The molecule has 0 fully saturated rings. The quantitative estimate of drug-likeness (QED) is 0.508. The summed E-state index contributed by atoms with van der Waals surface area (Å²) >= 11 is 3.32. The van der Waals surface area contributed by atoms with Crippen LogP contribution in [0.3, 0.4) is 0 Å². The van der Waals surface area contributed by atoms with Gasteiger partial charge in [0.15, 0.2) is 0 Å². The van der Waals surface area contributed by atoms with Gasteiger partial charge in [0.05, 0.1) is 0 Å². The Hall–Kier alpha value is -0.359. The van der Waals surface area contributed by atoms with E-state index < -0.39 is 11.9 Å². The molecule has 0 heterocycles. The van der Waals surface area contributed by atoms with E-state index >= 15 is 0 Å². The van der Waals surface area contributed by atoms with Gasteiger partial charge in [0.25, 0.3) is 0 Å². The molecule has 82 valence electrons. The summed E-state index contributed by atoms with van der Waals surface area (Å²) in [6, 6.07) is 6.10. The predicted molar refractivity (Wildman–Crippen MR) is 37.3 cm³/mol. The summed E-state index contributed by atoms with van der Waals surface area (Å²) < 4.78 is 8.91. The van der Waals surface area contributed by atoms with Crippen LogP contribution in [0.1, 0.15) is 20.7 Å². The monoisotopic (exact) mass is 558 g/mol. The van der Waals surface area contributed by atoms with E-state index in [2.05, 4.69) is 6.49 Å². The first-order valence-electron chi connectivity index (χ1n) is 3.38. The standard InChI is InChI=1S/C8H6O4.2Au/c9-7(10)5-2-1-3-6(4-5)8(11)12;;/h1-4H,(H,9,10)(H,11,12);;/q;2*+1/p-2. The molecule has 0 bridgehead atoms. The van der Waals surface area contributed by atoms with Crippen LogP contribution >= 0.6 is 0 Å². The van der Waals surface area contributed by atoms with Crippen molar-refractivity contribution in [2.75, 3.05) is 0 Å². The Morgan fingerprint density at radius 3 is 1.79 bits per heavy atom. The minimum absolute atomic E-state index is 0.309. The van der Waals surface area contributed by atoms with Crippen molar-refractivity contribution in [1.82, 2.24) is 0 Å². The van der Waals surface area contributed by atoms with Crippen LogP contribution in [-0.4, -0.2) is 11.9 Å². The summed E-state index contributed by atoms with van der Waals surface area (Å²) in [6.45, 7) is 0. The van der Waals surface area contributed by atoms with E-state index in [-0.39, 0.29) is 0 Å². The topological polar surface area (TPSA) is 52.6 Å². The van der Waals surface area contributed by atoms with Gasteiger partial charge in [-0.25, -0.2) is 0 Å². The SMILES string of the molecule is O=C([O][Au])c1cccc(C(=O)[O][Au])c1. The molecule has 0 amide bonds. The number of benzene rings is 1. The summed E-state index contributed by atoms with van der Waals surface area (Å²) in [5.41, 5.74) is 0.618. The third-order valence-electron chi connectivity index (χ3n) is 1.45. The molecule has 0 N–H and O–H groups in total. The van der Waals surface area contributed by atoms with Crippen LogP contribution in [-0.2, 0) is 49.4 Å². The maximum atomic E-state index is 11.1. The first kappa shape index (κ1) is 11.7. The molecule has 0 saturated carbocycles. The van der Waals surface area contributed by atoms with Crippen LogP contribution in [0, 0.1) is 0 Å². The molecule has 1 rings (SSSR count). The Morgan fingerprint density at radius 1 is 1.00 bits per heavy atom. The van der Waals surface area contributed by atoms with Crippen LogP contribution < -0.4 is 0 Å². The van der Waals surface area contributed by atoms with E-state index in [1.54, 1.807) is 61.1 Å². The molecule has 0 aliphatic heterocycles. The van der Waals surface area contributed by atoms with Crippen molar-refractivity contribution in [3.05, 3.63) is 35.4 Å². The van der Waals surface area contributed by atoms with Gasteiger partial charge in [0, 0.05) is 0 Å². The number of carbonyl (C=O) groups is 2. The Labute approximate surface area is 106 Å². The Kier molecular flexibility index (Phi) is 4.61. The fraction of sp³-hybridized carbons (Fsp3) is 0. The predicted octanol–water partition coefficient (Wildman–Crippen LogP) is 0.924. The Morgan fingerprint density at radius 2 is 1.43 bits per heavy atom. The summed E-state index contributed by atoms with van der Waals surface area (Å²) in [4.78, 5) is 22.2. The van der Waals surface area contributed by atoms with Crippen molar-refractivity contribution in [1.29, 1.82) is 0 Å². The second-order valence-electron chi connectivity index (χ2n) is 2.28. The number of carbonyl (C=O) groups excluding carboxylic acids is 2. The molecule has 0 spiro atoms. The minimum atomic E-state index is -0.505. The maximum absolute atomic E-state index is 11.1. The zero-order chi connectivity index (χ0) is 10.6. The van der Waals surface area contributed by atoms with Gasteiger partial charge in [-0.1, -0.05) is 0 Å². The fourth-order valence-corrected chi connectivity index (χ4v) is 1.35. The van der Waals surface area contributed by atoms with Crippen LogP contribution in [0.25, 0.3) is 0 Å². The van der Waals surface area contributed by atoms with Crippen LogP contribution in [0.5, 0.6) is 0 Å². The van der Waals surface area contributed by atoms with Gasteiger partial charge in [-0.15, -0.1) is 0 Å². The molecule has 4 nitrogen and oxygen atoms in total. The average Bonchev–Trinajstić information content (AvgIpc) is 2.27. The molecule has 1 aromatic carbocycles. The Bertz CT molecular complexity index is 333. The van der Waals surface area contributed by atoms with Gasteiger partial charge in [-0.05, 0) is 0 Å². The van der Waals surface area contributed by atoms with Crippen molar-refractivity contribution < 1.29 is 59.0 Å². The molecular formula is C8H4Au2O4. The van der Waals surface area contributed by atoms with Gasteiger partial charge in [-0.2, -0.15) is 0 Å². The second kappa shape index (κ2) is 5.50. The molecule has 1 aromatic rings. The molecule has 0 aliphatic carbocycles. The van der Waals surface area contributed by atoms with E-state index in [4.69, 9.17) is 0 Å². The molecule has 0 atom stereocenters. The molecule has 0 aliphatic rings. The molecular weight excluding hydrogens is 554 g/mol. The van der Waals surface area contributed by atoms with E-state index in [9.17, 15) is 9.59 Å². The third-order valence-corrected chi connectivity index (χ3v) is 2.25. The zero-order valence-electron chi connectivity index (χ0n) is 6.55. The number of rotatable bonds is 2. The van der Waals surface area contributed by atoms with Gasteiger partial charge in [0.2, 0.25) is 0 Å². The number of hydrogen-bond acceptors (Lipinski definition) is 4. The van der Waals surface area contributed by atoms with Gasteiger partial charge >= 0.3 is 106 Å². The van der Waals surface area contributed by atoms with Gasteiger partial charge in [-0.3, -0.25) is 0 Å². The van der Waals surface area contributed by atoms with Crippen LogP contribution in [0.4, 0.5) is 0 Å². The first-order chi connectivity index (χ1) is 6.69. The van der Waals surface area contributed by atoms with Gasteiger partial charge in [0.1, 0.15) is 0 Å². The second-order valence-corrected chi connectivity index (χ2v) is 3.16. The van der Waals surface area contributed by atoms with Crippen molar-refractivity contribution >= 4 is 11.9 Å². The van der Waals surface area contributed by atoms with Gasteiger partial charge < -0.3 is 0 Å². The van der Waals surface area contributed by atoms with E-state index in [0.717, 1.165) is 0 Å². The van der Waals surface area contributed by atoms with Crippen LogP contribution in [0.15, 0.2) is 24.3 Å². The average molecular weight is 558 g/mol. The third kappa shape index (κ3) is 2.81. The molecule has 0 aromatic heterocycles. The first-order valence-corrected chi connectivity index (χ1v) is 5.15. The Balaban J connectivity index is 3.01. The van der Waals surface area contributed by atoms with E-state index in [0.29, 0.717) is 11.1 Å². The zero-order valence-corrected chi connectivity index (χ0v) is 10.9. The molecule has 0 saturated heterocycles. The van der Waals surface area contributed by atoms with Crippen molar-refractivity contribution in [2.45, 2.75) is 0 Å². The molecule has 0 radical (unpaired) electrons. The summed E-state index contributed by atoms with van der Waals surface area (Å²) in [6.07, 6.45) is 0. The fourth-order valence-electron chi connectivity index (χ4n) is 0.844. The van der Waals surface area contributed by atoms with Crippen molar-refractivity contribution in [2.24, 2.45) is 0 Å². The van der Waals surface area contributed by atoms with Crippen LogP contribution in [0.2, 0.25) is 0 Å². The van der Waals surface area contributed by atoms with E-state index in [1.165, 1.54) is 6.07 Å². The molecule has 14 heavy (non-hydrogen) atoms. The van der Waals surface area contributed by atoms with Crippen molar-refractivity contribution in [3.63, 3.8) is 0 Å². The normalized spacial score (nSPS) is 9.43. The molecule has 0 unspecified atom stereocenters. The van der Waals surface area contributed by atoms with Crippen molar-refractivity contribution in [3.8, 4) is 0 Å². The summed E-state index contributed by atoms with van der Waals surface area (Å²) in [5, 5.41) is 0. The van der Waals surface area contributed by atoms with E-state index in [1.807, 2.05) is 0 Å². The molecule has 6 heteroatoms. The summed E-state index contributed by atoms with van der Waals surface area (Å²) in [7, 11) is 0. The number of hydrogen-bond donors (Lipinski definition) is 0.